The van der Waals surface area contributed by atoms with Gasteiger partial charge in [-0.25, -0.2) is 18.4 Å². The Balaban J connectivity index is 1.75. The van der Waals surface area contributed by atoms with Gasteiger partial charge in [0.05, 0.1) is 25.0 Å². The van der Waals surface area contributed by atoms with Crippen molar-refractivity contribution < 1.29 is 17.9 Å². The zero-order chi connectivity index (χ0) is 24.1. The lowest BCUT2D eigenvalue weighted by Gasteiger charge is -2.17. The molecule has 13 heteroatoms. The Kier molecular flexibility index (Phi) is 6.89. The SMILES string of the molecule is COc1cccc(OC)c1-n1c(NS(=O)(=O)CCc2ncc(Cl)cn2)nnc1-c1cccnc1. The number of nitrogens with zero attached hydrogens (tertiary/aromatic N) is 6. The summed E-state index contributed by atoms with van der Waals surface area (Å²) in [7, 11) is -0.860. The van der Waals surface area contributed by atoms with Crippen molar-refractivity contribution in [1.29, 1.82) is 0 Å². The molecule has 0 amide bonds. The molecule has 4 rings (SSSR count). The van der Waals surface area contributed by atoms with Crippen molar-refractivity contribution in [3.05, 3.63) is 66.0 Å². The van der Waals surface area contributed by atoms with E-state index in [1.54, 1.807) is 42.7 Å². The second kappa shape index (κ2) is 10.0. The molecule has 0 bridgehead atoms. The topological polar surface area (TPSA) is 134 Å². The highest BCUT2D eigenvalue weighted by Gasteiger charge is 2.25. The highest BCUT2D eigenvalue weighted by Crippen LogP contribution is 2.37. The van der Waals surface area contributed by atoms with Gasteiger partial charge in [0.15, 0.2) is 5.82 Å². The van der Waals surface area contributed by atoms with Gasteiger partial charge in [-0.15, -0.1) is 10.2 Å². The van der Waals surface area contributed by atoms with Gasteiger partial charge in [0, 0.05) is 36.8 Å². The largest absolute Gasteiger partial charge is 0.494 e. The van der Waals surface area contributed by atoms with Crippen molar-refractivity contribution >= 4 is 27.6 Å². The van der Waals surface area contributed by atoms with Gasteiger partial charge >= 0.3 is 0 Å². The molecule has 1 aromatic carbocycles. The minimum absolute atomic E-state index is 0.0429. The maximum Gasteiger partial charge on any atom is 0.243 e. The third-order valence-corrected chi connectivity index (χ3v) is 6.15. The molecular weight excluding hydrogens is 482 g/mol. The maximum atomic E-state index is 12.9. The number of rotatable bonds is 9. The summed E-state index contributed by atoms with van der Waals surface area (Å²) in [6, 6.07) is 8.72. The van der Waals surface area contributed by atoms with Gasteiger partial charge in [-0.05, 0) is 24.3 Å². The molecule has 0 atom stereocenters. The minimum Gasteiger partial charge on any atom is -0.494 e. The summed E-state index contributed by atoms with van der Waals surface area (Å²) in [5, 5.41) is 8.70. The fourth-order valence-electron chi connectivity index (χ4n) is 3.18. The third kappa shape index (κ3) is 5.07. The van der Waals surface area contributed by atoms with E-state index in [-0.39, 0.29) is 18.1 Å². The van der Waals surface area contributed by atoms with E-state index < -0.39 is 10.0 Å². The Morgan fingerprint density at radius 1 is 1.00 bits per heavy atom. The molecule has 1 N–H and O–H groups in total. The molecule has 3 aromatic heterocycles. The lowest BCUT2D eigenvalue weighted by molar-refractivity contribution is 0.391. The number of para-hydroxylation sites is 1. The average molecular weight is 502 g/mol. The number of pyridine rings is 1. The average Bonchev–Trinajstić information content (AvgIpc) is 3.25. The monoisotopic (exact) mass is 501 g/mol. The molecule has 34 heavy (non-hydrogen) atoms. The Morgan fingerprint density at radius 2 is 1.71 bits per heavy atom. The Bertz CT molecular complexity index is 1360. The second-order valence-electron chi connectivity index (χ2n) is 6.92. The van der Waals surface area contributed by atoms with Crippen LogP contribution in [-0.2, 0) is 16.4 Å². The summed E-state index contributed by atoms with van der Waals surface area (Å²) < 4.78 is 40.9. The zero-order valence-corrected chi connectivity index (χ0v) is 19.8. The molecule has 0 saturated carbocycles. The van der Waals surface area contributed by atoms with Gasteiger partial charge in [-0.3, -0.25) is 14.3 Å². The van der Waals surface area contributed by atoms with Crippen LogP contribution in [0.4, 0.5) is 5.95 Å². The van der Waals surface area contributed by atoms with Crippen molar-refractivity contribution in [3.63, 3.8) is 0 Å². The third-order valence-electron chi connectivity index (χ3n) is 4.72. The van der Waals surface area contributed by atoms with Crippen LogP contribution in [0.1, 0.15) is 5.82 Å². The lowest BCUT2D eigenvalue weighted by atomic mass is 10.2. The summed E-state index contributed by atoms with van der Waals surface area (Å²) in [5.41, 5.74) is 1.04. The van der Waals surface area contributed by atoms with Gasteiger partial charge in [-0.1, -0.05) is 17.7 Å². The number of ether oxygens (including phenoxy) is 2. The van der Waals surface area contributed by atoms with Gasteiger partial charge in [-0.2, -0.15) is 0 Å². The van der Waals surface area contributed by atoms with E-state index in [1.807, 2.05) is 0 Å². The van der Waals surface area contributed by atoms with E-state index in [2.05, 4.69) is 29.9 Å². The first-order valence-electron chi connectivity index (χ1n) is 9.96. The van der Waals surface area contributed by atoms with Gasteiger partial charge in [0.2, 0.25) is 16.0 Å². The summed E-state index contributed by atoms with van der Waals surface area (Å²) in [4.78, 5) is 12.2. The molecule has 0 aliphatic heterocycles. The maximum absolute atomic E-state index is 12.9. The fourth-order valence-corrected chi connectivity index (χ4v) is 4.24. The Labute approximate surface area is 200 Å². The molecule has 0 aliphatic rings. The molecular formula is C21H20ClN7O4S. The molecule has 0 fully saturated rings. The van der Waals surface area contributed by atoms with Crippen molar-refractivity contribution in [1.82, 2.24) is 29.7 Å². The van der Waals surface area contributed by atoms with Crippen LogP contribution in [-0.4, -0.2) is 58.1 Å². The standard InChI is InChI=1S/C21H20ClN7O4S/c1-32-16-6-3-7-17(33-2)19(16)29-20(14-5-4-9-23-11-14)26-27-21(29)28-34(30,31)10-8-18-24-12-15(22)13-25-18/h3-7,9,11-13H,8,10H2,1-2H3,(H,27,28). The predicted octanol–water partition coefficient (Wildman–Crippen LogP) is 2.77. The predicted molar refractivity (Wildman–Crippen MR) is 126 cm³/mol. The number of hydrogen-bond donors (Lipinski definition) is 1. The molecule has 0 radical (unpaired) electrons. The molecule has 0 unspecified atom stereocenters. The number of anilines is 1. The van der Waals surface area contributed by atoms with Crippen molar-refractivity contribution in [2.24, 2.45) is 0 Å². The first-order valence-corrected chi connectivity index (χ1v) is 12.0. The number of benzene rings is 1. The van der Waals surface area contributed by atoms with Crippen LogP contribution in [0.5, 0.6) is 11.5 Å². The van der Waals surface area contributed by atoms with Gasteiger partial charge in [0.1, 0.15) is 23.0 Å². The van der Waals surface area contributed by atoms with E-state index in [9.17, 15) is 8.42 Å². The van der Waals surface area contributed by atoms with E-state index in [0.717, 1.165) is 0 Å². The first kappa shape index (κ1) is 23.4. The normalized spacial score (nSPS) is 11.3. The highest BCUT2D eigenvalue weighted by atomic mass is 35.5. The number of hydrogen-bond acceptors (Lipinski definition) is 9. The van der Waals surface area contributed by atoms with E-state index in [1.165, 1.54) is 31.2 Å². The fraction of sp³-hybridized carbons (Fsp3) is 0.190. The molecule has 3 heterocycles. The molecule has 0 saturated heterocycles. The molecule has 0 aliphatic carbocycles. The number of aryl methyl sites for hydroxylation is 1. The van der Waals surface area contributed by atoms with Crippen LogP contribution in [0.3, 0.4) is 0 Å². The number of halogens is 1. The first-order chi connectivity index (χ1) is 16.4. The summed E-state index contributed by atoms with van der Waals surface area (Å²) >= 11 is 5.79. The Morgan fingerprint density at radius 3 is 2.32 bits per heavy atom. The minimum atomic E-state index is -3.87. The van der Waals surface area contributed by atoms with E-state index in [0.29, 0.717) is 39.4 Å². The number of nitrogens with one attached hydrogen (secondary N) is 1. The van der Waals surface area contributed by atoms with Crippen LogP contribution < -0.4 is 14.2 Å². The summed E-state index contributed by atoms with van der Waals surface area (Å²) in [5.74, 6) is 1.22. The number of aromatic nitrogens is 6. The summed E-state index contributed by atoms with van der Waals surface area (Å²) in [6.07, 6.45) is 6.12. The highest BCUT2D eigenvalue weighted by molar-refractivity contribution is 7.92. The quantitative estimate of drug-likeness (QED) is 0.367. The van der Waals surface area contributed by atoms with Crippen LogP contribution in [0.2, 0.25) is 5.02 Å². The van der Waals surface area contributed by atoms with Crippen LogP contribution in [0.25, 0.3) is 17.1 Å². The molecule has 4 aromatic rings. The second-order valence-corrected chi connectivity index (χ2v) is 9.20. The van der Waals surface area contributed by atoms with Crippen molar-refractivity contribution in [2.75, 3.05) is 24.7 Å². The Hall–Kier alpha value is -3.77. The smallest absolute Gasteiger partial charge is 0.243 e. The van der Waals surface area contributed by atoms with E-state index >= 15 is 0 Å². The van der Waals surface area contributed by atoms with Crippen LogP contribution in [0, 0.1) is 0 Å². The van der Waals surface area contributed by atoms with Crippen LogP contribution in [0.15, 0.2) is 55.1 Å². The lowest BCUT2D eigenvalue weighted by Crippen LogP contribution is -2.21. The summed E-state index contributed by atoms with van der Waals surface area (Å²) in [6.45, 7) is 0. The number of sulfonamides is 1. The van der Waals surface area contributed by atoms with Gasteiger partial charge < -0.3 is 9.47 Å². The van der Waals surface area contributed by atoms with Crippen molar-refractivity contribution in [2.45, 2.75) is 6.42 Å². The van der Waals surface area contributed by atoms with Crippen LogP contribution >= 0.6 is 11.6 Å². The molecule has 11 nitrogen and oxygen atoms in total. The molecule has 176 valence electrons. The van der Waals surface area contributed by atoms with Gasteiger partial charge in [0.25, 0.3) is 0 Å². The molecule has 0 spiro atoms. The van der Waals surface area contributed by atoms with Crippen molar-refractivity contribution in [3.8, 4) is 28.6 Å². The number of methoxy groups -OCH3 is 2. The zero-order valence-electron chi connectivity index (χ0n) is 18.2. The van der Waals surface area contributed by atoms with E-state index in [4.69, 9.17) is 21.1 Å².